The van der Waals surface area contributed by atoms with Crippen molar-refractivity contribution < 1.29 is 0 Å². The Hall–Kier alpha value is -0.870. The normalized spacial score (nSPS) is 11.4. The van der Waals surface area contributed by atoms with Crippen molar-refractivity contribution in [1.29, 1.82) is 0 Å². The average molecular weight is 238 g/mol. The minimum atomic E-state index is 0.728. The summed E-state index contributed by atoms with van der Waals surface area (Å²) in [4.78, 5) is 0. The molecular weight excluding hydrogens is 212 g/mol. The summed E-state index contributed by atoms with van der Waals surface area (Å²) in [6.45, 7) is 12.8. The molecule has 0 fully saturated rings. The second-order valence-electron chi connectivity index (χ2n) is 5.01. The van der Waals surface area contributed by atoms with Gasteiger partial charge in [0.05, 0.1) is 5.69 Å². The molecule has 0 radical (unpaired) electrons. The van der Waals surface area contributed by atoms with Crippen molar-refractivity contribution in [1.82, 2.24) is 20.8 Å². The van der Waals surface area contributed by atoms with Crippen LogP contribution in [0.1, 0.15) is 30.8 Å². The SMILES string of the molecule is Cc1n[nH]c(C)c1CCNCCNCC(C)C. The van der Waals surface area contributed by atoms with Crippen LogP contribution in [-0.4, -0.2) is 36.4 Å². The first-order valence-electron chi connectivity index (χ1n) is 6.53. The number of rotatable bonds is 8. The van der Waals surface area contributed by atoms with Crippen LogP contribution in [0.5, 0.6) is 0 Å². The van der Waals surface area contributed by atoms with Gasteiger partial charge in [-0.1, -0.05) is 13.8 Å². The predicted molar refractivity (Wildman–Crippen MR) is 72.3 cm³/mol. The lowest BCUT2D eigenvalue weighted by Gasteiger charge is -2.08. The van der Waals surface area contributed by atoms with Crippen molar-refractivity contribution in [3.8, 4) is 0 Å². The molecule has 4 nitrogen and oxygen atoms in total. The van der Waals surface area contributed by atoms with Gasteiger partial charge in [0, 0.05) is 18.8 Å². The van der Waals surface area contributed by atoms with Gasteiger partial charge in [-0.3, -0.25) is 5.10 Å². The van der Waals surface area contributed by atoms with Crippen LogP contribution in [0.3, 0.4) is 0 Å². The Labute approximate surface area is 105 Å². The van der Waals surface area contributed by atoms with Gasteiger partial charge in [-0.05, 0) is 44.8 Å². The number of hydrogen-bond acceptors (Lipinski definition) is 3. The van der Waals surface area contributed by atoms with E-state index in [2.05, 4.69) is 48.5 Å². The molecule has 0 bridgehead atoms. The Bertz CT molecular complexity index is 298. The quantitative estimate of drug-likeness (QED) is 0.600. The van der Waals surface area contributed by atoms with Gasteiger partial charge in [-0.25, -0.2) is 0 Å². The molecule has 98 valence electrons. The van der Waals surface area contributed by atoms with Gasteiger partial charge in [-0.2, -0.15) is 5.10 Å². The van der Waals surface area contributed by atoms with E-state index in [-0.39, 0.29) is 0 Å². The van der Waals surface area contributed by atoms with Crippen LogP contribution in [0.4, 0.5) is 0 Å². The first-order valence-corrected chi connectivity index (χ1v) is 6.53. The maximum Gasteiger partial charge on any atom is 0.0626 e. The molecule has 0 aliphatic carbocycles. The third kappa shape index (κ3) is 5.33. The average Bonchev–Trinajstić information content (AvgIpc) is 2.58. The van der Waals surface area contributed by atoms with Crippen LogP contribution in [0.25, 0.3) is 0 Å². The maximum atomic E-state index is 4.20. The number of aromatic amines is 1. The van der Waals surface area contributed by atoms with E-state index in [1.54, 1.807) is 0 Å². The van der Waals surface area contributed by atoms with E-state index in [9.17, 15) is 0 Å². The molecular formula is C13H26N4. The largest absolute Gasteiger partial charge is 0.315 e. The van der Waals surface area contributed by atoms with Crippen molar-refractivity contribution in [2.24, 2.45) is 5.92 Å². The maximum absolute atomic E-state index is 4.20. The van der Waals surface area contributed by atoms with E-state index >= 15 is 0 Å². The Morgan fingerprint density at radius 1 is 1.12 bits per heavy atom. The van der Waals surface area contributed by atoms with Crippen molar-refractivity contribution in [2.45, 2.75) is 34.1 Å². The summed E-state index contributed by atoms with van der Waals surface area (Å²) in [6, 6.07) is 0. The lowest BCUT2D eigenvalue weighted by Crippen LogP contribution is -2.30. The molecule has 0 amide bonds. The van der Waals surface area contributed by atoms with Gasteiger partial charge in [0.1, 0.15) is 0 Å². The minimum absolute atomic E-state index is 0.728. The fourth-order valence-electron chi connectivity index (χ4n) is 1.85. The number of hydrogen-bond donors (Lipinski definition) is 3. The number of nitrogens with zero attached hydrogens (tertiary/aromatic N) is 1. The van der Waals surface area contributed by atoms with Crippen molar-refractivity contribution in [2.75, 3.05) is 26.2 Å². The molecule has 1 heterocycles. The standard InChI is InChI=1S/C13H26N4/c1-10(2)9-15-8-7-14-6-5-13-11(3)16-17-12(13)4/h10,14-15H,5-9H2,1-4H3,(H,16,17). The van der Waals surface area contributed by atoms with Gasteiger partial charge in [0.25, 0.3) is 0 Å². The Morgan fingerprint density at radius 3 is 2.41 bits per heavy atom. The first-order chi connectivity index (χ1) is 8.11. The highest BCUT2D eigenvalue weighted by atomic mass is 15.1. The number of aromatic nitrogens is 2. The van der Waals surface area contributed by atoms with E-state index in [0.29, 0.717) is 0 Å². The van der Waals surface area contributed by atoms with Crippen molar-refractivity contribution in [3.63, 3.8) is 0 Å². The van der Waals surface area contributed by atoms with Crippen LogP contribution in [0, 0.1) is 19.8 Å². The van der Waals surface area contributed by atoms with Gasteiger partial charge >= 0.3 is 0 Å². The number of nitrogens with one attached hydrogen (secondary N) is 3. The molecule has 4 heteroatoms. The molecule has 0 unspecified atom stereocenters. The van der Waals surface area contributed by atoms with Crippen LogP contribution >= 0.6 is 0 Å². The van der Waals surface area contributed by atoms with Crippen LogP contribution in [0.15, 0.2) is 0 Å². The second kappa shape index (κ2) is 7.45. The molecule has 1 aromatic heterocycles. The zero-order valence-corrected chi connectivity index (χ0v) is 11.6. The molecule has 0 spiro atoms. The second-order valence-corrected chi connectivity index (χ2v) is 5.01. The van der Waals surface area contributed by atoms with Gasteiger partial charge in [-0.15, -0.1) is 0 Å². The zero-order chi connectivity index (χ0) is 12.7. The van der Waals surface area contributed by atoms with Crippen LogP contribution in [0.2, 0.25) is 0 Å². The predicted octanol–water partition coefficient (Wildman–Crippen LogP) is 1.40. The van der Waals surface area contributed by atoms with Crippen LogP contribution in [-0.2, 0) is 6.42 Å². The molecule has 1 rings (SSSR count). The van der Waals surface area contributed by atoms with E-state index in [1.165, 1.54) is 11.3 Å². The third-order valence-electron chi connectivity index (χ3n) is 2.86. The van der Waals surface area contributed by atoms with Crippen LogP contribution < -0.4 is 10.6 Å². The topological polar surface area (TPSA) is 52.7 Å². The van der Waals surface area contributed by atoms with Gasteiger partial charge < -0.3 is 10.6 Å². The third-order valence-corrected chi connectivity index (χ3v) is 2.86. The minimum Gasteiger partial charge on any atom is -0.315 e. The number of H-pyrrole nitrogens is 1. The fourth-order valence-corrected chi connectivity index (χ4v) is 1.85. The highest BCUT2D eigenvalue weighted by molar-refractivity contribution is 5.23. The summed E-state index contributed by atoms with van der Waals surface area (Å²) < 4.78 is 0. The molecule has 0 aromatic carbocycles. The Kier molecular flexibility index (Phi) is 6.22. The summed E-state index contributed by atoms with van der Waals surface area (Å²) in [5.41, 5.74) is 3.68. The molecule has 0 atom stereocenters. The first kappa shape index (κ1) is 14.2. The monoisotopic (exact) mass is 238 g/mol. The smallest absolute Gasteiger partial charge is 0.0626 e. The van der Waals surface area contributed by atoms with E-state index < -0.39 is 0 Å². The fraction of sp³-hybridized carbons (Fsp3) is 0.769. The lowest BCUT2D eigenvalue weighted by molar-refractivity contribution is 0.536. The Morgan fingerprint density at radius 2 is 1.82 bits per heavy atom. The van der Waals surface area contributed by atoms with Gasteiger partial charge in [0.2, 0.25) is 0 Å². The summed E-state index contributed by atoms with van der Waals surface area (Å²) >= 11 is 0. The molecule has 0 saturated heterocycles. The summed E-state index contributed by atoms with van der Waals surface area (Å²) in [6.07, 6.45) is 1.05. The van der Waals surface area contributed by atoms with E-state index in [1.807, 2.05) is 0 Å². The molecule has 17 heavy (non-hydrogen) atoms. The summed E-state index contributed by atoms with van der Waals surface area (Å²) in [5, 5.41) is 14.1. The van der Waals surface area contributed by atoms with Crippen molar-refractivity contribution in [3.05, 3.63) is 17.0 Å². The van der Waals surface area contributed by atoms with Gasteiger partial charge in [0.15, 0.2) is 0 Å². The molecule has 0 saturated carbocycles. The summed E-state index contributed by atoms with van der Waals surface area (Å²) in [7, 11) is 0. The molecule has 3 N–H and O–H groups in total. The highest BCUT2D eigenvalue weighted by Crippen LogP contribution is 2.08. The van der Waals surface area contributed by atoms with E-state index in [4.69, 9.17) is 0 Å². The zero-order valence-electron chi connectivity index (χ0n) is 11.6. The molecule has 1 aromatic rings. The summed E-state index contributed by atoms with van der Waals surface area (Å²) in [5.74, 6) is 0.728. The highest BCUT2D eigenvalue weighted by Gasteiger charge is 2.04. The Balaban J connectivity index is 2.05. The molecule has 0 aliphatic heterocycles. The van der Waals surface area contributed by atoms with Crippen molar-refractivity contribution >= 4 is 0 Å². The molecule has 0 aliphatic rings. The lowest BCUT2D eigenvalue weighted by atomic mass is 10.1. The van der Waals surface area contributed by atoms with E-state index in [0.717, 1.165) is 44.2 Å². The number of aryl methyl sites for hydroxylation is 2.